The van der Waals surface area contributed by atoms with Gasteiger partial charge in [-0.3, -0.25) is 0 Å². The molecule has 0 bridgehead atoms. The molecule has 0 unspecified atom stereocenters. The number of carbonyl (C=O) groups excluding carboxylic acids is 2. The van der Waals surface area contributed by atoms with Crippen LogP contribution in [0.25, 0.3) is 6.08 Å². The summed E-state index contributed by atoms with van der Waals surface area (Å²) in [5.41, 5.74) is 3.70. The van der Waals surface area contributed by atoms with E-state index in [-0.39, 0.29) is 11.6 Å². The molecule has 2 heterocycles. The molecule has 0 spiro atoms. The molecule has 1 aliphatic carbocycles. The molecule has 3 nitrogen and oxygen atoms in total. The van der Waals surface area contributed by atoms with Crippen LogP contribution in [0.1, 0.15) is 24.3 Å². The molecule has 6 rings (SSSR count). The van der Waals surface area contributed by atoms with E-state index in [0.29, 0.717) is 16.7 Å². The topological polar surface area (TPSA) is 37.4 Å². The zero-order valence-electron chi connectivity index (χ0n) is 16.2. The first kappa shape index (κ1) is 18.9. The summed E-state index contributed by atoms with van der Waals surface area (Å²) in [6.45, 7) is 0. The van der Waals surface area contributed by atoms with Crippen molar-refractivity contribution in [3.05, 3.63) is 105 Å². The average Bonchev–Trinajstić information content (AvgIpc) is 3.36. The molecule has 0 saturated carbocycles. The second-order valence-electron chi connectivity index (χ2n) is 7.31. The third-order valence-electron chi connectivity index (χ3n) is 5.46. The van der Waals surface area contributed by atoms with Gasteiger partial charge in [-0.2, -0.15) is 0 Å². The average molecular weight is 533 g/mol. The summed E-state index contributed by atoms with van der Waals surface area (Å²) in [5, 5.41) is 0. The van der Waals surface area contributed by atoms with Gasteiger partial charge in [0.25, 0.3) is 0 Å². The normalized spacial score (nSPS) is 14.3. The third kappa shape index (κ3) is 3.04. The summed E-state index contributed by atoms with van der Waals surface area (Å²) in [7, 11) is 0. The van der Waals surface area contributed by atoms with Gasteiger partial charge in [-0.15, -0.1) is 0 Å². The van der Waals surface area contributed by atoms with Crippen molar-refractivity contribution < 1.29 is 9.59 Å². The Labute approximate surface area is 193 Å². The molecular weight excluding hydrogens is 518 g/mol. The Morgan fingerprint density at radius 1 is 0.677 bits per heavy atom. The summed E-state index contributed by atoms with van der Waals surface area (Å²) in [6.07, 6.45) is 1.83. The van der Waals surface area contributed by atoms with Crippen LogP contribution in [0.15, 0.2) is 100 Å². The fourth-order valence-corrected chi connectivity index (χ4v) is 7.88. The maximum absolute atomic E-state index is 12.8. The van der Waals surface area contributed by atoms with E-state index in [9.17, 15) is 9.59 Å². The maximum atomic E-state index is 12.8. The fraction of sp³-hybridized carbons (Fsp3) is 0. The molecule has 1 aromatic heterocycles. The first-order valence-electron chi connectivity index (χ1n) is 9.87. The molecule has 2 aliphatic rings. The van der Waals surface area contributed by atoms with Crippen molar-refractivity contribution in [2.75, 3.05) is 4.90 Å². The quantitative estimate of drug-likeness (QED) is 0.155. The Morgan fingerprint density at radius 2 is 1.23 bits per heavy atom. The van der Waals surface area contributed by atoms with Gasteiger partial charge in [-0.1, -0.05) is 0 Å². The van der Waals surface area contributed by atoms with Crippen molar-refractivity contribution in [2.45, 2.75) is 9.79 Å². The van der Waals surface area contributed by atoms with E-state index in [2.05, 4.69) is 65.6 Å². The Balaban J connectivity index is 1.43. The number of ketones is 2. The molecule has 0 atom stereocenters. The first-order valence-corrected chi connectivity index (χ1v) is 13.0. The molecule has 0 saturated heterocycles. The van der Waals surface area contributed by atoms with E-state index >= 15 is 0 Å². The van der Waals surface area contributed by atoms with Gasteiger partial charge in [0, 0.05) is 0 Å². The van der Waals surface area contributed by atoms with Gasteiger partial charge >= 0.3 is 194 Å². The molecule has 0 fully saturated rings. The van der Waals surface area contributed by atoms with Gasteiger partial charge in [0.15, 0.2) is 0 Å². The number of anilines is 3. The zero-order valence-corrected chi connectivity index (χ0v) is 19.4. The number of hydrogen-bond acceptors (Lipinski definition) is 4. The van der Waals surface area contributed by atoms with Gasteiger partial charge in [-0.05, 0) is 0 Å². The van der Waals surface area contributed by atoms with Gasteiger partial charge in [-0.25, -0.2) is 0 Å². The minimum absolute atomic E-state index is 0.160. The number of rotatable bonds is 2. The van der Waals surface area contributed by atoms with Crippen molar-refractivity contribution in [1.82, 2.24) is 0 Å². The minimum atomic E-state index is -0.762. The second-order valence-corrected chi connectivity index (χ2v) is 11.5. The van der Waals surface area contributed by atoms with Crippen molar-refractivity contribution in [3.63, 3.8) is 0 Å². The SMILES string of the molecule is O=C1C(=Cc2ccc(N3c4ccccc4Sc4ccccc43)[te]2)C(=O)c2ccccc21. The van der Waals surface area contributed by atoms with Gasteiger partial charge in [0.2, 0.25) is 0 Å². The molecule has 5 heteroatoms. The molecule has 4 aromatic rings. The Hall–Kier alpha value is -2.84. The van der Waals surface area contributed by atoms with E-state index in [1.807, 2.05) is 6.08 Å². The second kappa shape index (κ2) is 7.39. The standard InChI is InChI=1S/C26H15NO2STe/c28-25-17-7-1-2-8-18(17)26(29)19(25)15-16-13-14-24(31-16)27-20-9-3-5-11-22(20)30-23-12-6-4-10-21(23)27/h1-15H. The van der Waals surface area contributed by atoms with Crippen LogP contribution < -0.4 is 4.90 Å². The molecule has 0 radical (unpaired) electrons. The van der Waals surface area contributed by atoms with Gasteiger partial charge < -0.3 is 0 Å². The predicted molar refractivity (Wildman–Crippen MR) is 125 cm³/mol. The zero-order chi connectivity index (χ0) is 20.9. The van der Waals surface area contributed by atoms with Crippen molar-refractivity contribution in [2.24, 2.45) is 0 Å². The summed E-state index contributed by atoms with van der Waals surface area (Å²) < 4.78 is 2.35. The number of carbonyl (C=O) groups is 2. The van der Waals surface area contributed by atoms with Crippen LogP contribution in [0.2, 0.25) is 0 Å². The third-order valence-corrected chi connectivity index (χ3v) is 9.49. The number of nitrogens with zero attached hydrogens (tertiary/aromatic N) is 1. The first-order chi connectivity index (χ1) is 15.2. The molecule has 3 aromatic carbocycles. The molecule has 0 N–H and O–H groups in total. The van der Waals surface area contributed by atoms with Crippen molar-refractivity contribution >= 4 is 64.9 Å². The van der Waals surface area contributed by atoms with Gasteiger partial charge in [0.1, 0.15) is 0 Å². The molecule has 148 valence electrons. The van der Waals surface area contributed by atoms with E-state index < -0.39 is 20.4 Å². The Morgan fingerprint density at radius 3 is 1.84 bits per heavy atom. The van der Waals surface area contributed by atoms with E-state index in [1.165, 1.54) is 24.9 Å². The fourth-order valence-electron chi connectivity index (χ4n) is 4.03. The molecule has 0 amide bonds. The van der Waals surface area contributed by atoms with Crippen LogP contribution in [-0.4, -0.2) is 32.0 Å². The number of hydrogen-bond donors (Lipinski definition) is 0. The Bertz CT molecular complexity index is 1340. The van der Waals surface area contributed by atoms with Crippen LogP contribution in [0, 0.1) is 0 Å². The van der Waals surface area contributed by atoms with Crippen LogP contribution >= 0.6 is 11.8 Å². The van der Waals surface area contributed by atoms with Crippen molar-refractivity contribution in [1.29, 1.82) is 0 Å². The van der Waals surface area contributed by atoms with Crippen LogP contribution in [-0.2, 0) is 0 Å². The summed E-state index contributed by atoms with van der Waals surface area (Å²) in [6, 6.07) is 28.2. The van der Waals surface area contributed by atoms with Crippen LogP contribution in [0.5, 0.6) is 0 Å². The Kier molecular flexibility index (Phi) is 4.50. The number of Topliss-reactive ketones (excluding diaryl/α,β-unsaturated/α-hetero) is 2. The molecular formula is C26H15NO2STe. The summed E-state index contributed by atoms with van der Waals surface area (Å²) in [4.78, 5) is 30.4. The van der Waals surface area contributed by atoms with Gasteiger partial charge in [0.05, 0.1) is 0 Å². The van der Waals surface area contributed by atoms with Crippen LogP contribution in [0.4, 0.5) is 15.1 Å². The van der Waals surface area contributed by atoms with E-state index in [1.54, 1.807) is 36.0 Å². The van der Waals surface area contributed by atoms with Crippen molar-refractivity contribution in [3.8, 4) is 0 Å². The van der Waals surface area contributed by atoms with Crippen LogP contribution in [0.3, 0.4) is 0 Å². The number of para-hydroxylation sites is 2. The molecule has 1 aliphatic heterocycles. The number of benzene rings is 3. The summed E-state index contributed by atoms with van der Waals surface area (Å²) >= 11 is 1.03. The van der Waals surface area contributed by atoms with E-state index in [4.69, 9.17) is 0 Å². The monoisotopic (exact) mass is 535 g/mol. The van der Waals surface area contributed by atoms with E-state index in [0.717, 1.165) is 3.58 Å². The number of fused-ring (bicyclic) bond motifs is 3. The molecule has 31 heavy (non-hydrogen) atoms. The predicted octanol–water partition coefficient (Wildman–Crippen LogP) is 6.14. The summed E-state index contributed by atoms with van der Waals surface area (Å²) in [5.74, 6) is -0.319. The number of allylic oxidation sites excluding steroid dienone is 1.